The first-order chi connectivity index (χ1) is 12.9. The predicted octanol–water partition coefficient (Wildman–Crippen LogP) is 4.78. The molecule has 2 aromatic carbocycles. The minimum atomic E-state index is -0.661. The van der Waals surface area contributed by atoms with Crippen LogP contribution in [-0.4, -0.2) is 21.0 Å². The van der Waals surface area contributed by atoms with Crippen molar-refractivity contribution < 1.29 is 14.1 Å². The van der Waals surface area contributed by atoms with Crippen LogP contribution in [-0.2, 0) is 5.75 Å². The Kier molecular flexibility index (Phi) is 5.99. The minimum Gasteiger partial charge on any atom is -0.296 e. The molecule has 0 saturated carbocycles. The largest absolute Gasteiger partial charge is 0.296 e. The Labute approximate surface area is 165 Å². The molecule has 1 heterocycles. The molecule has 138 valence electrons. The van der Waals surface area contributed by atoms with Crippen molar-refractivity contribution in [3.05, 3.63) is 74.5 Å². The van der Waals surface area contributed by atoms with Gasteiger partial charge in [-0.3, -0.25) is 20.2 Å². The van der Waals surface area contributed by atoms with E-state index in [2.05, 4.69) is 15.5 Å². The standard InChI is InChI=1S/C16H10ClFN4O3S2/c17-12-5-4-10(7-13(12)22(24)25)14(23)19-15-20-21-16(27-15)26-8-9-2-1-3-11(18)6-9/h1-7H,8H2,(H,19,20,23). The van der Waals surface area contributed by atoms with Gasteiger partial charge in [0.1, 0.15) is 10.8 Å². The van der Waals surface area contributed by atoms with Crippen LogP contribution in [0.5, 0.6) is 0 Å². The van der Waals surface area contributed by atoms with Crippen LogP contribution in [0, 0.1) is 15.9 Å². The molecule has 0 aliphatic heterocycles. The predicted molar refractivity (Wildman–Crippen MR) is 102 cm³/mol. The number of halogens is 2. The molecule has 1 aromatic heterocycles. The highest BCUT2D eigenvalue weighted by Crippen LogP contribution is 2.29. The van der Waals surface area contributed by atoms with E-state index in [1.807, 2.05) is 0 Å². The van der Waals surface area contributed by atoms with Gasteiger partial charge in [-0.1, -0.05) is 46.8 Å². The normalized spacial score (nSPS) is 10.6. The van der Waals surface area contributed by atoms with Gasteiger partial charge in [0.05, 0.1) is 4.92 Å². The molecule has 1 amide bonds. The lowest BCUT2D eigenvalue weighted by molar-refractivity contribution is -0.384. The van der Waals surface area contributed by atoms with E-state index in [-0.39, 0.29) is 27.2 Å². The first kappa shape index (κ1) is 19.2. The summed E-state index contributed by atoms with van der Waals surface area (Å²) in [6, 6.07) is 9.99. The number of carbonyl (C=O) groups is 1. The molecule has 1 N–H and O–H groups in total. The van der Waals surface area contributed by atoms with Crippen molar-refractivity contribution >= 4 is 51.4 Å². The van der Waals surface area contributed by atoms with Crippen LogP contribution in [0.15, 0.2) is 46.8 Å². The van der Waals surface area contributed by atoms with Crippen LogP contribution in [0.3, 0.4) is 0 Å². The zero-order chi connectivity index (χ0) is 19.4. The van der Waals surface area contributed by atoms with Gasteiger partial charge in [-0.2, -0.15) is 0 Å². The van der Waals surface area contributed by atoms with Gasteiger partial charge in [0, 0.05) is 17.4 Å². The fourth-order valence-corrected chi connectivity index (χ4v) is 3.93. The molecule has 27 heavy (non-hydrogen) atoms. The molecule has 7 nitrogen and oxygen atoms in total. The Morgan fingerprint density at radius 2 is 2.11 bits per heavy atom. The lowest BCUT2D eigenvalue weighted by atomic mass is 10.2. The third-order valence-electron chi connectivity index (χ3n) is 3.28. The molecule has 0 saturated heterocycles. The number of aromatic nitrogens is 2. The summed E-state index contributed by atoms with van der Waals surface area (Å²) in [6.07, 6.45) is 0. The summed E-state index contributed by atoms with van der Waals surface area (Å²) >= 11 is 8.24. The number of rotatable bonds is 6. The maximum atomic E-state index is 13.2. The highest BCUT2D eigenvalue weighted by molar-refractivity contribution is 8.00. The van der Waals surface area contributed by atoms with E-state index in [0.717, 1.165) is 23.0 Å². The highest BCUT2D eigenvalue weighted by Gasteiger charge is 2.17. The van der Waals surface area contributed by atoms with Crippen molar-refractivity contribution in [3.63, 3.8) is 0 Å². The monoisotopic (exact) mass is 424 g/mol. The van der Waals surface area contributed by atoms with Crippen molar-refractivity contribution in [1.82, 2.24) is 10.2 Å². The van der Waals surface area contributed by atoms with E-state index < -0.39 is 10.8 Å². The molecule has 0 spiro atoms. The molecular weight excluding hydrogens is 415 g/mol. The molecule has 0 atom stereocenters. The summed E-state index contributed by atoms with van der Waals surface area (Å²) < 4.78 is 13.8. The number of nitro groups is 1. The van der Waals surface area contributed by atoms with Gasteiger partial charge in [-0.15, -0.1) is 10.2 Å². The van der Waals surface area contributed by atoms with Crippen LogP contribution < -0.4 is 5.32 Å². The van der Waals surface area contributed by atoms with Gasteiger partial charge in [-0.25, -0.2) is 4.39 Å². The molecule has 0 aliphatic carbocycles. The van der Waals surface area contributed by atoms with Crippen LogP contribution in [0.25, 0.3) is 0 Å². The van der Waals surface area contributed by atoms with Gasteiger partial charge < -0.3 is 0 Å². The van der Waals surface area contributed by atoms with Crippen LogP contribution in [0.1, 0.15) is 15.9 Å². The molecule has 0 aliphatic rings. The summed E-state index contributed by atoms with van der Waals surface area (Å²) in [5.41, 5.74) is 0.525. The first-order valence-corrected chi connectivity index (χ1v) is 9.56. The van der Waals surface area contributed by atoms with Gasteiger partial charge in [0.25, 0.3) is 11.6 Å². The average Bonchev–Trinajstić information content (AvgIpc) is 3.07. The van der Waals surface area contributed by atoms with Crippen molar-refractivity contribution in [3.8, 4) is 0 Å². The number of hydrogen-bond donors (Lipinski definition) is 1. The smallest absolute Gasteiger partial charge is 0.288 e. The maximum Gasteiger partial charge on any atom is 0.288 e. The molecule has 11 heteroatoms. The third-order valence-corrected chi connectivity index (χ3v) is 5.65. The Balaban J connectivity index is 1.64. The molecule has 3 aromatic rings. The Hall–Kier alpha value is -2.56. The second-order valence-electron chi connectivity index (χ2n) is 5.17. The average molecular weight is 425 g/mol. The van der Waals surface area contributed by atoms with Gasteiger partial charge in [0.15, 0.2) is 4.34 Å². The van der Waals surface area contributed by atoms with E-state index in [9.17, 15) is 19.3 Å². The first-order valence-electron chi connectivity index (χ1n) is 7.38. The summed E-state index contributed by atoms with van der Waals surface area (Å²) in [5, 5.41) is 21.5. The fraction of sp³-hybridized carbons (Fsp3) is 0.0625. The van der Waals surface area contributed by atoms with Gasteiger partial charge in [0.2, 0.25) is 5.13 Å². The number of nitro benzene ring substituents is 1. The molecular formula is C16H10ClFN4O3S2. The van der Waals surface area contributed by atoms with Crippen molar-refractivity contribution in [1.29, 1.82) is 0 Å². The minimum absolute atomic E-state index is 0.0523. The number of amides is 1. The third kappa shape index (κ3) is 5.00. The summed E-state index contributed by atoms with van der Waals surface area (Å²) in [6.45, 7) is 0. The lowest BCUT2D eigenvalue weighted by Crippen LogP contribution is -2.12. The maximum absolute atomic E-state index is 13.2. The van der Waals surface area contributed by atoms with Crippen molar-refractivity contribution in [2.75, 3.05) is 5.32 Å². The molecule has 0 unspecified atom stereocenters. The van der Waals surface area contributed by atoms with Gasteiger partial charge >= 0.3 is 0 Å². The molecule has 3 rings (SSSR count). The molecule has 0 radical (unpaired) electrons. The molecule has 0 bridgehead atoms. The number of anilines is 1. The Morgan fingerprint density at radius 3 is 2.85 bits per heavy atom. The Bertz CT molecular complexity index is 1010. The number of thioether (sulfide) groups is 1. The Morgan fingerprint density at radius 1 is 1.30 bits per heavy atom. The SMILES string of the molecule is O=C(Nc1nnc(SCc2cccc(F)c2)s1)c1ccc(Cl)c([N+](=O)[O-])c1. The molecule has 0 fully saturated rings. The quantitative estimate of drug-likeness (QED) is 0.264. The van der Waals surface area contributed by atoms with Crippen LogP contribution in [0.4, 0.5) is 15.2 Å². The van der Waals surface area contributed by atoms with E-state index in [1.165, 1.54) is 36.0 Å². The van der Waals surface area contributed by atoms with E-state index in [1.54, 1.807) is 12.1 Å². The van der Waals surface area contributed by atoms with Gasteiger partial charge in [-0.05, 0) is 29.8 Å². The number of benzene rings is 2. The lowest BCUT2D eigenvalue weighted by Gasteiger charge is -2.02. The number of hydrogen-bond acceptors (Lipinski definition) is 7. The van der Waals surface area contributed by atoms with Crippen LogP contribution >= 0.6 is 34.7 Å². The fourth-order valence-electron chi connectivity index (χ4n) is 2.05. The second-order valence-corrected chi connectivity index (χ2v) is 7.78. The number of nitrogens with one attached hydrogen (secondary N) is 1. The summed E-state index contributed by atoms with van der Waals surface area (Å²) in [7, 11) is 0. The number of nitrogens with zero attached hydrogens (tertiary/aromatic N) is 3. The zero-order valence-corrected chi connectivity index (χ0v) is 15.8. The summed E-state index contributed by atoms with van der Waals surface area (Å²) in [4.78, 5) is 22.5. The van der Waals surface area contributed by atoms with E-state index in [4.69, 9.17) is 11.6 Å². The highest BCUT2D eigenvalue weighted by atomic mass is 35.5. The number of carbonyl (C=O) groups excluding carboxylic acids is 1. The second kappa shape index (κ2) is 8.42. The van der Waals surface area contributed by atoms with Crippen molar-refractivity contribution in [2.24, 2.45) is 0 Å². The van der Waals surface area contributed by atoms with Crippen molar-refractivity contribution in [2.45, 2.75) is 10.1 Å². The van der Waals surface area contributed by atoms with E-state index in [0.29, 0.717) is 10.1 Å². The van der Waals surface area contributed by atoms with E-state index >= 15 is 0 Å². The zero-order valence-electron chi connectivity index (χ0n) is 13.4. The topological polar surface area (TPSA) is 98.0 Å². The summed E-state index contributed by atoms with van der Waals surface area (Å²) in [5.74, 6) is -0.369. The van der Waals surface area contributed by atoms with Crippen LogP contribution in [0.2, 0.25) is 5.02 Å².